The van der Waals surface area contributed by atoms with Gasteiger partial charge in [-0.2, -0.15) is 0 Å². The number of imidazole rings is 1. The first-order chi connectivity index (χ1) is 18.6. The summed E-state index contributed by atoms with van der Waals surface area (Å²) in [6.07, 6.45) is 4.29. The van der Waals surface area contributed by atoms with Gasteiger partial charge in [-0.05, 0) is 54.7 Å². The Morgan fingerprint density at radius 1 is 1.13 bits per heavy atom. The van der Waals surface area contributed by atoms with Crippen LogP contribution in [0.3, 0.4) is 0 Å². The van der Waals surface area contributed by atoms with Crippen LogP contribution in [-0.2, 0) is 22.7 Å². The highest BCUT2D eigenvalue weighted by Gasteiger charge is 2.20. The Bertz CT molecular complexity index is 1600. The van der Waals surface area contributed by atoms with Crippen molar-refractivity contribution in [2.24, 2.45) is 5.92 Å². The van der Waals surface area contributed by atoms with Crippen molar-refractivity contribution in [1.29, 1.82) is 0 Å². The number of carbonyl (C=O) groups excluding carboxylic acids is 1. The number of fused-ring (bicyclic) bond motifs is 1. The number of benzene rings is 1. The molecule has 1 aromatic carbocycles. The molecule has 0 aliphatic rings. The standard InChI is InChI=1S/C29H33FN4O4S/c1-5-26-28(20-8-7-19(13-18(3)4)23(30)14-20)33-27-15-21(11-12-34(26)27)29(36)32-25(17-35)24-10-9-22(16-31-24)39(37,38)6-2/h7-12,14-16,18,25,35H,5-6,13,17H2,1-4H3,(H,32,36)/t25-/m0/s1. The van der Waals surface area contributed by atoms with Crippen LogP contribution in [0.2, 0.25) is 0 Å². The number of rotatable bonds is 10. The van der Waals surface area contributed by atoms with E-state index in [1.165, 1.54) is 24.4 Å². The van der Waals surface area contributed by atoms with E-state index in [2.05, 4.69) is 10.3 Å². The number of carbonyl (C=O) groups is 1. The largest absolute Gasteiger partial charge is 0.394 e. The molecular formula is C29H33FN4O4S. The Hall–Kier alpha value is -3.63. The van der Waals surface area contributed by atoms with E-state index in [0.717, 1.165) is 5.69 Å². The van der Waals surface area contributed by atoms with Crippen molar-refractivity contribution in [3.8, 4) is 11.3 Å². The SMILES string of the molecule is CCc1c(-c2ccc(CC(C)C)c(F)c2)nc2cc(C(=O)N[C@@H](CO)c3ccc(S(=O)(=O)CC)cn3)ccn12. The summed E-state index contributed by atoms with van der Waals surface area (Å²) >= 11 is 0. The minimum atomic E-state index is -3.41. The van der Waals surface area contributed by atoms with Gasteiger partial charge in [0.15, 0.2) is 9.84 Å². The van der Waals surface area contributed by atoms with Crippen molar-refractivity contribution in [2.45, 2.75) is 51.5 Å². The lowest BCUT2D eigenvalue weighted by atomic mass is 9.99. The van der Waals surface area contributed by atoms with Gasteiger partial charge in [-0.1, -0.05) is 39.8 Å². The normalized spacial score (nSPS) is 12.7. The molecule has 0 unspecified atom stereocenters. The van der Waals surface area contributed by atoms with Crippen LogP contribution in [0.5, 0.6) is 0 Å². The number of hydrogen-bond acceptors (Lipinski definition) is 6. The second-order valence-electron chi connectivity index (χ2n) is 9.84. The summed E-state index contributed by atoms with van der Waals surface area (Å²) in [4.78, 5) is 22.0. The number of aryl methyl sites for hydroxylation is 1. The van der Waals surface area contributed by atoms with Crippen LogP contribution in [0.1, 0.15) is 61.0 Å². The molecule has 4 rings (SSSR count). The molecular weight excluding hydrogens is 519 g/mol. The summed E-state index contributed by atoms with van der Waals surface area (Å²) in [5, 5.41) is 12.6. The number of aliphatic hydroxyl groups is 1. The molecule has 206 valence electrons. The van der Waals surface area contributed by atoms with E-state index in [4.69, 9.17) is 4.98 Å². The monoisotopic (exact) mass is 552 g/mol. The highest BCUT2D eigenvalue weighted by molar-refractivity contribution is 7.91. The fourth-order valence-corrected chi connectivity index (χ4v) is 5.33. The quantitative estimate of drug-likeness (QED) is 0.298. The smallest absolute Gasteiger partial charge is 0.252 e. The predicted octanol–water partition coefficient (Wildman–Crippen LogP) is 4.55. The lowest BCUT2D eigenvalue weighted by molar-refractivity contribution is 0.0914. The second-order valence-corrected chi connectivity index (χ2v) is 12.1. The molecule has 0 bridgehead atoms. The van der Waals surface area contributed by atoms with E-state index >= 15 is 0 Å². The molecule has 0 saturated heterocycles. The summed E-state index contributed by atoms with van der Waals surface area (Å²) in [6, 6.07) is 10.6. The lowest BCUT2D eigenvalue weighted by Crippen LogP contribution is -2.31. The molecule has 2 N–H and O–H groups in total. The van der Waals surface area contributed by atoms with Crippen molar-refractivity contribution < 1.29 is 22.7 Å². The maximum atomic E-state index is 14.8. The van der Waals surface area contributed by atoms with Gasteiger partial charge in [0.2, 0.25) is 0 Å². The number of pyridine rings is 2. The topological polar surface area (TPSA) is 114 Å². The van der Waals surface area contributed by atoms with E-state index in [9.17, 15) is 22.7 Å². The molecule has 0 saturated carbocycles. The highest BCUT2D eigenvalue weighted by Crippen LogP contribution is 2.28. The molecule has 1 amide bonds. The first-order valence-electron chi connectivity index (χ1n) is 13.0. The third-order valence-electron chi connectivity index (χ3n) is 6.62. The summed E-state index contributed by atoms with van der Waals surface area (Å²) < 4.78 is 40.8. The summed E-state index contributed by atoms with van der Waals surface area (Å²) in [5.41, 5.74) is 4.09. The van der Waals surface area contributed by atoms with Crippen molar-refractivity contribution in [3.63, 3.8) is 0 Å². The van der Waals surface area contributed by atoms with Crippen molar-refractivity contribution >= 4 is 21.4 Å². The van der Waals surface area contributed by atoms with E-state index < -0.39 is 28.4 Å². The van der Waals surface area contributed by atoms with Gasteiger partial charge in [0, 0.05) is 23.5 Å². The first kappa shape index (κ1) is 28.4. The molecule has 0 spiro atoms. The van der Waals surface area contributed by atoms with Crippen LogP contribution in [0.15, 0.2) is 59.8 Å². The molecule has 0 aliphatic heterocycles. The van der Waals surface area contributed by atoms with Crippen LogP contribution in [0.4, 0.5) is 4.39 Å². The van der Waals surface area contributed by atoms with Gasteiger partial charge in [0.25, 0.3) is 5.91 Å². The van der Waals surface area contributed by atoms with E-state index in [1.807, 2.05) is 31.2 Å². The Labute approximate surface area is 227 Å². The molecule has 1 atom stereocenters. The zero-order valence-electron chi connectivity index (χ0n) is 22.5. The van der Waals surface area contributed by atoms with Crippen LogP contribution in [-0.4, -0.2) is 46.2 Å². The van der Waals surface area contributed by atoms with E-state index in [-0.39, 0.29) is 16.5 Å². The van der Waals surface area contributed by atoms with Crippen molar-refractivity contribution in [1.82, 2.24) is 19.7 Å². The number of halogens is 1. The van der Waals surface area contributed by atoms with Crippen LogP contribution >= 0.6 is 0 Å². The Balaban J connectivity index is 1.60. The summed E-state index contributed by atoms with van der Waals surface area (Å²) in [5.74, 6) is -0.418. The zero-order chi connectivity index (χ0) is 28.3. The maximum Gasteiger partial charge on any atom is 0.252 e. The second kappa shape index (κ2) is 11.6. The Morgan fingerprint density at radius 2 is 1.90 bits per heavy atom. The predicted molar refractivity (Wildman–Crippen MR) is 148 cm³/mol. The van der Waals surface area contributed by atoms with Gasteiger partial charge >= 0.3 is 0 Å². The third kappa shape index (κ3) is 6.02. The molecule has 8 nitrogen and oxygen atoms in total. The minimum Gasteiger partial charge on any atom is -0.394 e. The number of hydrogen-bond donors (Lipinski definition) is 2. The van der Waals surface area contributed by atoms with Gasteiger partial charge in [-0.3, -0.25) is 9.78 Å². The average Bonchev–Trinajstić information content (AvgIpc) is 3.30. The minimum absolute atomic E-state index is 0.0513. The molecule has 0 aliphatic carbocycles. The number of nitrogens with one attached hydrogen (secondary N) is 1. The van der Waals surface area contributed by atoms with Gasteiger partial charge in [0.1, 0.15) is 11.5 Å². The van der Waals surface area contributed by atoms with Crippen molar-refractivity contribution in [2.75, 3.05) is 12.4 Å². The van der Waals surface area contributed by atoms with Crippen LogP contribution in [0, 0.1) is 11.7 Å². The summed E-state index contributed by atoms with van der Waals surface area (Å²) in [7, 11) is -3.41. The maximum absolute atomic E-state index is 14.8. The van der Waals surface area contributed by atoms with Crippen LogP contribution < -0.4 is 5.32 Å². The highest BCUT2D eigenvalue weighted by atomic mass is 32.2. The molecule has 4 aromatic rings. The Kier molecular flexibility index (Phi) is 8.46. The summed E-state index contributed by atoms with van der Waals surface area (Å²) in [6.45, 7) is 7.21. The molecule has 10 heteroatoms. The molecule has 3 heterocycles. The lowest BCUT2D eigenvalue weighted by Gasteiger charge is -2.16. The molecule has 3 aromatic heterocycles. The van der Waals surface area contributed by atoms with Gasteiger partial charge < -0.3 is 14.8 Å². The Morgan fingerprint density at radius 3 is 2.49 bits per heavy atom. The fraction of sp³-hybridized carbons (Fsp3) is 0.345. The van der Waals surface area contributed by atoms with Gasteiger partial charge in [-0.25, -0.2) is 17.8 Å². The number of sulfone groups is 1. The van der Waals surface area contributed by atoms with E-state index in [0.29, 0.717) is 52.5 Å². The number of amides is 1. The zero-order valence-corrected chi connectivity index (χ0v) is 23.3. The molecule has 0 fully saturated rings. The number of aromatic nitrogens is 3. The third-order valence-corrected chi connectivity index (χ3v) is 8.34. The molecule has 39 heavy (non-hydrogen) atoms. The van der Waals surface area contributed by atoms with Crippen LogP contribution in [0.25, 0.3) is 16.9 Å². The fourth-order valence-electron chi connectivity index (χ4n) is 4.51. The number of aliphatic hydroxyl groups excluding tert-OH is 1. The number of nitrogens with zero attached hydrogens (tertiary/aromatic N) is 3. The average molecular weight is 553 g/mol. The van der Waals surface area contributed by atoms with Gasteiger partial charge in [0.05, 0.1) is 40.4 Å². The molecule has 0 radical (unpaired) electrons. The van der Waals surface area contributed by atoms with Crippen molar-refractivity contribution in [3.05, 3.63) is 83.2 Å². The van der Waals surface area contributed by atoms with Gasteiger partial charge in [-0.15, -0.1) is 0 Å². The van der Waals surface area contributed by atoms with E-state index in [1.54, 1.807) is 31.3 Å². The first-order valence-corrected chi connectivity index (χ1v) is 14.6.